The number of nitrogens with zero attached hydrogens (tertiary/aromatic N) is 2. The quantitative estimate of drug-likeness (QED) is 0.345. The molecule has 0 bridgehead atoms. The molecule has 0 saturated carbocycles. The lowest BCUT2D eigenvalue weighted by atomic mass is 10.1. The number of carbonyl (C=O) groups is 2. The molecular weight excluding hydrogens is 551 g/mol. The highest BCUT2D eigenvalue weighted by molar-refractivity contribution is 9.10. The van der Waals surface area contributed by atoms with E-state index in [0.717, 1.165) is 0 Å². The van der Waals surface area contributed by atoms with Crippen molar-refractivity contribution in [2.75, 3.05) is 14.2 Å². The van der Waals surface area contributed by atoms with E-state index in [1.54, 1.807) is 55.6 Å². The number of hydrogen-bond acceptors (Lipinski definition) is 6. The number of amides is 1. The number of likely N-dealkylation sites (N-methyl/N-ethyl adjacent to an activating group) is 1. The topological polar surface area (TPSA) is 88.4 Å². The molecule has 184 valence electrons. The monoisotopic (exact) mass is 570 g/mol. The van der Waals surface area contributed by atoms with Crippen molar-refractivity contribution in [3.8, 4) is 11.5 Å². The van der Waals surface area contributed by atoms with Gasteiger partial charge >= 0.3 is 5.97 Å². The summed E-state index contributed by atoms with van der Waals surface area (Å²) >= 11 is 4.69. The Hall–Kier alpha value is -3.63. The second-order valence-electron chi connectivity index (χ2n) is 7.64. The first kappa shape index (κ1) is 25.5. The highest BCUT2D eigenvalue weighted by Crippen LogP contribution is 2.39. The second kappa shape index (κ2) is 11.0. The molecule has 1 N–H and O–H groups in total. The SMILES string of the molecule is COc1cc(/C=C2\SC(=Nc3ccc(C(=O)O)cc3)N(C)C2=O)cc(Br)c1OCc1ccccc1F. The molecule has 36 heavy (non-hydrogen) atoms. The number of ether oxygens (including phenoxy) is 2. The zero-order valence-corrected chi connectivity index (χ0v) is 21.6. The van der Waals surface area contributed by atoms with Crippen LogP contribution in [0.15, 0.2) is 75.0 Å². The Bertz CT molecular complexity index is 1390. The van der Waals surface area contributed by atoms with E-state index >= 15 is 0 Å². The van der Waals surface area contributed by atoms with Crippen LogP contribution in [0.25, 0.3) is 6.08 Å². The molecule has 0 unspecified atom stereocenters. The number of thioether (sulfide) groups is 1. The third-order valence-electron chi connectivity index (χ3n) is 5.22. The maximum atomic E-state index is 14.0. The number of methoxy groups -OCH3 is 1. The molecule has 1 fully saturated rings. The van der Waals surface area contributed by atoms with Gasteiger partial charge in [-0.25, -0.2) is 14.2 Å². The van der Waals surface area contributed by atoms with Gasteiger partial charge in [-0.15, -0.1) is 0 Å². The third-order valence-corrected chi connectivity index (χ3v) is 6.87. The lowest BCUT2D eigenvalue weighted by Crippen LogP contribution is -2.23. The molecule has 0 radical (unpaired) electrons. The van der Waals surface area contributed by atoms with E-state index in [9.17, 15) is 14.0 Å². The Kier molecular flexibility index (Phi) is 7.76. The van der Waals surface area contributed by atoms with Crippen LogP contribution in [0, 0.1) is 5.82 Å². The van der Waals surface area contributed by atoms with Gasteiger partial charge in [0.1, 0.15) is 12.4 Å². The smallest absolute Gasteiger partial charge is 0.335 e. The Labute approximate surface area is 219 Å². The molecule has 0 aliphatic carbocycles. The van der Waals surface area contributed by atoms with Crippen LogP contribution in [0.5, 0.6) is 11.5 Å². The van der Waals surface area contributed by atoms with Crippen LogP contribution in [0.1, 0.15) is 21.5 Å². The lowest BCUT2D eigenvalue weighted by Gasteiger charge is -2.14. The van der Waals surface area contributed by atoms with Gasteiger partial charge in [-0.3, -0.25) is 9.69 Å². The molecule has 0 spiro atoms. The molecule has 4 rings (SSSR count). The minimum Gasteiger partial charge on any atom is -0.493 e. The third kappa shape index (κ3) is 5.60. The summed E-state index contributed by atoms with van der Waals surface area (Å²) in [5, 5.41) is 9.51. The normalized spacial score (nSPS) is 15.6. The molecule has 1 aliphatic heterocycles. The molecule has 3 aromatic rings. The van der Waals surface area contributed by atoms with Crippen LogP contribution in [-0.4, -0.2) is 41.2 Å². The van der Waals surface area contributed by atoms with Gasteiger partial charge in [-0.05, 0) is 81.8 Å². The maximum absolute atomic E-state index is 14.0. The number of carboxylic acid groups (broad SMARTS) is 1. The van der Waals surface area contributed by atoms with Gasteiger partial charge in [-0.2, -0.15) is 0 Å². The van der Waals surface area contributed by atoms with Gasteiger partial charge in [-0.1, -0.05) is 18.2 Å². The van der Waals surface area contributed by atoms with Crippen molar-refractivity contribution in [3.63, 3.8) is 0 Å². The lowest BCUT2D eigenvalue weighted by molar-refractivity contribution is -0.121. The first-order chi connectivity index (χ1) is 17.3. The van der Waals surface area contributed by atoms with E-state index < -0.39 is 5.97 Å². The summed E-state index contributed by atoms with van der Waals surface area (Å²) in [7, 11) is 3.12. The number of benzene rings is 3. The summed E-state index contributed by atoms with van der Waals surface area (Å²) in [4.78, 5) is 30.2. The average Bonchev–Trinajstić information content (AvgIpc) is 3.12. The van der Waals surface area contributed by atoms with Crippen molar-refractivity contribution >= 4 is 56.5 Å². The number of rotatable bonds is 7. The summed E-state index contributed by atoms with van der Waals surface area (Å²) in [6.07, 6.45) is 1.72. The minimum atomic E-state index is -1.02. The van der Waals surface area contributed by atoms with Crippen molar-refractivity contribution in [1.29, 1.82) is 0 Å². The van der Waals surface area contributed by atoms with Gasteiger partial charge in [0, 0.05) is 12.6 Å². The number of amidine groups is 1. The fourth-order valence-corrected chi connectivity index (χ4v) is 4.88. The van der Waals surface area contributed by atoms with Crippen LogP contribution in [-0.2, 0) is 11.4 Å². The minimum absolute atomic E-state index is 0.0223. The molecule has 1 aliphatic rings. The highest BCUT2D eigenvalue weighted by Gasteiger charge is 2.30. The fraction of sp³-hybridized carbons (Fsp3) is 0.115. The van der Waals surface area contributed by atoms with Gasteiger partial charge in [0.2, 0.25) is 0 Å². The van der Waals surface area contributed by atoms with Crippen molar-refractivity contribution in [2.24, 2.45) is 4.99 Å². The fourth-order valence-electron chi connectivity index (χ4n) is 3.32. The number of carboxylic acids is 1. The zero-order chi connectivity index (χ0) is 25.8. The van der Waals surface area contributed by atoms with Crippen LogP contribution in [0.2, 0.25) is 0 Å². The molecule has 1 heterocycles. The number of carbonyl (C=O) groups excluding carboxylic acids is 1. The maximum Gasteiger partial charge on any atom is 0.335 e. The van der Waals surface area contributed by atoms with Crippen LogP contribution >= 0.6 is 27.7 Å². The van der Waals surface area contributed by atoms with E-state index in [0.29, 0.717) is 42.9 Å². The summed E-state index contributed by atoms with van der Waals surface area (Å²) in [6.45, 7) is 0.0223. The van der Waals surface area contributed by atoms with E-state index in [4.69, 9.17) is 14.6 Å². The van der Waals surface area contributed by atoms with Crippen LogP contribution in [0.3, 0.4) is 0 Å². The first-order valence-corrected chi connectivity index (χ1v) is 12.2. The van der Waals surface area contributed by atoms with Crippen LogP contribution in [0.4, 0.5) is 10.1 Å². The number of aliphatic imine (C=N–C) groups is 1. The predicted molar refractivity (Wildman–Crippen MR) is 140 cm³/mol. The number of halogens is 2. The Morgan fingerprint density at radius 2 is 1.92 bits per heavy atom. The standard InChI is InChI=1S/C26H20BrFN2O5S/c1-30-24(31)22(36-26(30)29-18-9-7-16(8-10-18)25(32)33)13-15-11-19(27)23(21(12-15)34-2)35-14-17-5-3-4-6-20(17)28/h3-13H,14H2,1-2H3,(H,32,33)/b22-13-,29-26?. The van der Waals surface area contributed by atoms with Crippen LogP contribution < -0.4 is 9.47 Å². The Morgan fingerprint density at radius 1 is 1.19 bits per heavy atom. The number of aromatic carboxylic acids is 1. The predicted octanol–water partition coefficient (Wildman–Crippen LogP) is 6.11. The van der Waals surface area contributed by atoms with E-state index in [1.165, 1.54) is 42.0 Å². The molecule has 0 aromatic heterocycles. The molecule has 0 atom stereocenters. The van der Waals surface area contributed by atoms with Crippen molar-refractivity contribution in [3.05, 3.63) is 92.5 Å². The summed E-state index contributed by atoms with van der Waals surface area (Å²) in [5.74, 6) is -0.769. The molecular formula is C26H20BrFN2O5S. The average molecular weight is 571 g/mol. The molecule has 10 heteroatoms. The van der Waals surface area contributed by atoms with Gasteiger partial charge in [0.15, 0.2) is 16.7 Å². The van der Waals surface area contributed by atoms with Crippen molar-refractivity contribution in [1.82, 2.24) is 4.90 Å². The molecule has 1 saturated heterocycles. The first-order valence-electron chi connectivity index (χ1n) is 10.6. The number of hydrogen-bond donors (Lipinski definition) is 1. The van der Waals surface area contributed by atoms with E-state index in [1.807, 2.05) is 0 Å². The largest absolute Gasteiger partial charge is 0.493 e. The summed E-state index contributed by atoms with van der Waals surface area (Å²) in [5.41, 5.74) is 1.79. The Morgan fingerprint density at radius 3 is 2.58 bits per heavy atom. The zero-order valence-electron chi connectivity index (χ0n) is 19.2. The van der Waals surface area contributed by atoms with Crippen molar-refractivity contribution in [2.45, 2.75) is 6.61 Å². The summed E-state index contributed by atoms with van der Waals surface area (Å²) in [6, 6.07) is 15.9. The molecule has 3 aromatic carbocycles. The molecule has 1 amide bonds. The van der Waals surface area contributed by atoms with Gasteiger partial charge < -0.3 is 14.6 Å². The Balaban J connectivity index is 1.56. The van der Waals surface area contributed by atoms with Gasteiger partial charge in [0.05, 0.1) is 27.7 Å². The highest BCUT2D eigenvalue weighted by atomic mass is 79.9. The van der Waals surface area contributed by atoms with Crippen molar-refractivity contribution < 1.29 is 28.6 Å². The molecule has 7 nitrogen and oxygen atoms in total. The van der Waals surface area contributed by atoms with Gasteiger partial charge in [0.25, 0.3) is 5.91 Å². The van der Waals surface area contributed by atoms with E-state index in [-0.39, 0.29) is 23.9 Å². The summed E-state index contributed by atoms with van der Waals surface area (Å²) < 4.78 is 25.8. The van der Waals surface area contributed by atoms with E-state index in [2.05, 4.69) is 20.9 Å². The second-order valence-corrected chi connectivity index (χ2v) is 9.50.